The van der Waals surface area contributed by atoms with E-state index in [2.05, 4.69) is 56.9 Å². The van der Waals surface area contributed by atoms with E-state index in [1.54, 1.807) is 0 Å². The number of hydrogen-bond acceptors (Lipinski definition) is 2. The minimum absolute atomic E-state index is 0.241. The fraction of sp³-hybridized carbons (Fsp3) is 0.647. The molecule has 2 heteroatoms. The van der Waals surface area contributed by atoms with Crippen molar-refractivity contribution in [1.29, 1.82) is 0 Å². The molecule has 0 bridgehead atoms. The van der Waals surface area contributed by atoms with Crippen molar-refractivity contribution < 1.29 is 0 Å². The Bertz CT molecular complexity index is 402. The molecule has 2 rings (SSSR count). The van der Waals surface area contributed by atoms with Gasteiger partial charge in [0.15, 0.2) is 0 Å². The minimum Gasteiger partial charge on any atom is -0.327 e. The molecule has 1 heterocycles. The third-order valence-corrected chi connectivity index (χ3v) is 4.28. The molecule has 0 aromatic heterocycles. The Morgan fingerprint density at radius 2 is 1.84 bits per heavy atom. The first-order valence-electron chi connectivity index (χ1n) is 7.43. The van der Waals surface area contributed by atoms with Gasteiger partial charge < -0.3 is 5.73 Å². The summed E-state index contributed by atoms with van der Waals surface area (Å²) in [5.74, 6) is 0.614. The van der Waals surface area contributed by atoms with Crippen molar-refractivity contribution in [3.63, 3.8) is 0 Å². The SMILES string of the molecule is CC1CN(Cc2ccc(C(C)(C)C)cc2)CCC1N. The Hall–Kier alpha value is -0.860. The van der Waals surface area contributed by atoms with E-state index in [0.29, 0.717) is 12.0 Å². The summed E-state index contributed by atoms with van der Waals surface area (Å²) in [5.41, 5.74) is 9.14. The summed E-state index contributed by atoms with van der Waals surface area (Å²) in [5, 5.41) is 0. The summed E-state index contributed by atoms with van der Waals surface area (Å²) in [6.45, 7) is 12.4. The molecule has 0 saturated carbocycles. The van der Waals surface area contributed by atoms with Crippen LogP contribution in [-0.4, -0.2) is 24.0 Å². The molecule has 0 amide bonds. The van der Waals surface area contributed by atoms with Gasteiger partial charge in [-0.15, -0.1) is 0 Å². The lowest BCUT2D eigenvalue weighted by molar-refractivity contribution is 0.158. The number of piperidine rings is 1. The number of benzene rings is 1. The van der Waals surface area contributed by atoms with Gasteiger partial charge in [-0.25, -0.2) is 0 Å². The van der Waals surface area contributed by atoms with Crippen LogP contribution < -0.4 is 5.73 Å². The molecule has 106 valence electrons. The van der Waals surface area contributed by atoms with E-state index >= 15 is 0 Å². The smallest absolute Gasteiger partial charge is 0.0233 e. The summed E-state index contributed by atoms with van der Waals surface area (Å²) in [7, 11) is 0. The Labute approximate surface area is 118 Å². The van der Waals surface area contributed by atoms with Gasteiger partial charge in [0.25, 0.3) is 0 Å². The summed E-state index contributed by atoms with van der Waals surface area (Å²) in [6.07, 6.45) is 1.13. The molecule has 2 unspecified atom stereocenters. The van der Waals surface area contributed by atoms with Gasteiger partial charge in [-0.05, 0) is 35.4 Å². The Kier molecular flexibility index (Phi) is 4.32. The molecule has 0 aliphatic carbocycles. The molecular formula is C17H28N2. The van der Waals surface area contributed by atoms with Gasteiger partial charge in [-0.3, -0.25) is 4.90 Å². The normalized spacial score (nSPS) is 25.5. The highest BCUT2D eigenvalue weighted by atomic mass is 15.1. The van der Waals surface area contributed by atoms with E-state index in [9.17, 15) is 0 Å². The molecule has 1 aromatic rings. The lowest BCUT2D eigenvalue weighted by atomic mass is 9.86. The standard InChI is InChI=1S/C17H28N2/c1-13-11-19(10-9-16(13)18)12-14-5-7-15(8-6-14)17(2,3)4/h5-8,13,16H,9-12,18H2,1-4H3. The molecule has 19 heavy (non-hydrogen) atoms. The van der Waals surface area contributed by atoms with E-state index in [1.165, 1.54) is 11.1 Å². The zero-order valence-electron chi connectivity index (χ0n) is 12.8. The summed E-state index contributed by atoms with van der Waals surface area (Å²) >= 11 is 0. The van der Waals surface area contributed by atoms with Crippen molar-refractivity contribution in [1.82, 2.24) is 4.90 Å². The van der Waals surface area contributed by atoms with Gasteiger partial charge in [-0.1, -0.05) is 52.0 Å². The number of likely N-dealkylation sites (tertiary alicyclic amines) is 1. The molecule has 0 radical (unpaired) electrons. The van der Waals surface area contributed by atoms with Crippen LogP contribution in [0, 0.1) is 5.92 Å². The first kappa shape index (κ1) is 14.5. The van der Waals surface area contributed by atoms with Crippen LogP contribution >= 0.6 is 0 Å². The average molecular weight is 260 g/mol. The van der Waals surface area contributed by atoms with Crippen LogP contribution in [0.5, 0.6) is 0 Å². The van der Waals surface area contributed by atoms with Gasteiger partial charge in [-0.2, -0.15) is 0 Å². The summed E-state index contributed by atoms with van der Waals surface area (Å²) in [4.78, 5) is 2.53. The third kappa shape index (κ3) is 3.80. The number of nitrogens with two attached hydrogens (primary N) is 1. The second-order valence-electron chi connectivity index (χ2n) is 7.11. The van der Waals surface area contributed by atoms with Gasteiger partial charge in [0.05, 0.1) is 0 Å². The minimum atomic E-state index is 0.241. The highest BCUT2D eigenvalue weighted by Crippen LogP contribution is 2.23. The first-order chi connectivity index (χ1) is 8.86. The van der Waals surface area contributed by atoms with Gasteiger partial charge in [0.1, 0.15) is 0 Å². The third-order valence-electron chi connectivity index (χ3n) is 4.28. The van der Waals surface area contributed by atoms with E-state index < -0.39 is 0 Å². The molecular weight excluding hydrogens is 232 g/mol. The Morgan fingerprint density at radius 3 is 2.37 bits per heavy atom. The van der Waals surface area contributed by atoms with Crippen LogP contribution in [0.2, 0.25) is 0 Å². The summed E-state index contributed by atoms with van der Waals surface area (Å²) in [6, 6.07) is 9.49. The van der Waals surface area contributed by atoms with Crippen molar-refractivity contribution in [2.24, 2.45) is 11.7 Å². The fourth-order valence-corrected chi connectivity index (χ4v) is 2.76. The molecule has 1 saturated heterocycles. The van der Waals surface area contributed by atoms with Crippen LogP contribution in [0.4, 0.5) is 0 Å². The quantitative estimate of drug-likeness (QED) is 0.885. The number of hydrogen-bond donors (Lipinski definition) is 1. The monoisotopic (exact) mass is 260 g/mol. The maximum absolute atomic E-state index is 6.07. The largest absolute Gasteiger partial charge is 0.327 e. The second-order valence-corrected chi connectivity index (χ2v) is 7.11. The van der Waals surface area contributed by atoms with Gasteiger partial charge in [0.2, 0.25) is 0 Å². The van der Waals surface area contributed by atoms with Crippen LogP contribution in [0.25, 0.3) is 0 Å². The van der Waals surface area contributed by atoms with Gasteiger partial charge >= 0.3 is 0 Å². The zero-order chi connectivity index (χ0) is 14.0. The van der Waals surface area contributed by atoms with Crippen molar-refractivity contribution in [3.8, 4) is 0 Å². The van der Waals surface area contributed by atoms with Crippen LogP contribution in [0.3, 0.4) is 0 Å². The predicted molar refractivity (Wildman–Crippen MR) is 82.2 cm³/mol. The first-order valence-corrected chi connectivity index (χ1v) is 7.43. The van der Waals surface area contributed by atoms with E-state index in [4.69, 9.17) is 5.73 Å². The van der Waals surface area contributed by atoms with E-state index in [0.717, 1.165) is 26.1 Å². The van der Waals surface area contributed by atoms with Crippen molar-refractivity contribution in [3.05, 3.63) is 35.4 Å². The van der Waals surface area contributed by atoms with Crippen LogP contribution in [0.15, 0.2) is 24.3 Å². The highest BCUT2D eigenvalue weighted by Gasteiger charge is 2.23. The number of rotatable bonds is 2. The molecule has 2 nitrogen and oxygen atoms in total. The van der Waals surface area contributed by atoms with E-state index in [-0.39, 0.29) is 5.41 Å². The van der Waals surface area contributed by atoms with Crippen molar-refractivity contribution >= 4 is 0 Å². The molecule has 0 spiro atoms. The molecule has 1 aliphatic heterocycles. The molecule has 2 atom stereocenters. The summed E-state index contributed by atoms with van der Waals surface area (Å²) < 4.78 is 0. The van der Waals surface area contributed by atoms with Crippen LogP contribution in [0.1, 0.15) is 45.2 Å². The predicted octanol–water partition coefficient (Wildman–Crippen LogP) is 3.15. The topological polar surface area (TPSA) is 29.3 Å². The van der Waals surface area contributed by atoms with Gasteiger partial charge in [0, 0.05) is 19.1 Å². The van der Waals surface area contributed by atoms with Crippen molar-refractivity contribution in [2.45, 2.75) is 52.1 Å². The van der Waals surface area contributed by atoms with Crippen molar-refractivity contribution in [2.75, 3.05) is 13.1 Å². The maximum Gasteiger partial charge on any atom is 0.0233 e. The average Bonchev–Trinajstić information content (AvgIpc) is 2.33. The fourth-order valence-electron chi connectivity index (χ4n) is 2.76. The molecule has 1 fully saturated rings. The lowest BCUT2D eigenvalue weighted by Crippen LogP contribution is -2.45. The number of nitrogens with zero attached hydrogens (tertiary/aromatic N) is 1. The second kappa shape index (κ2) is 5.64. The van der Waals surface area contributed by atoms with Crippen LogP contribution in [-0.2, 0) is 12.0 Å². The lowest BCUT2D eigenvalue weighted by Gasteiger charge is -2.35. The zero-order valence-corrected chi connectivity index (χ0v) is 12.8. The molecule has 1 aliphatic rings. The Morgan fingerprint density at radius 1 is 1.21 bits per heavy atom. The highest BCUT2D eigenvalue weighted by molar-refractivity contribution is 5.27. The Balaban J connectivity index is 1.97. The maximum atomic E-state index is 6.07. The van der Waals surface area contributed by atoms with E-state index in [1.807, 2.05) is 0 Å². The molecule has 2 N–H and O–H groups in total. The molecule has 1 aromatic carbocycles.